The van der Waals surface area contributed by atoms with E-state index < -0.39 is 6.04 Å². The third-order valence-corrected chi connectivity index (χ3v) is 3.37. The number of ether oxygens (including phenoxy) is 1. The number of hydrogen-bond acceptors (Lipinski definition) is 5. The summed E-state index contributed by atoms with van der Waals surface area (Å²) in [6.45, 7) is 0.585. The molecule has 1 unspecified atom stereocenters. The van der Waals surface area contributed by atoms with Gasteiger partial charge in [-0.25, -0.2) is 0 Å². The molecule has 20 heavy (non-hydrogen) atoms. The van der Waals surface area contributed by atoms with Crippen LogP contribution in [0.2, 0.25) is 0 Å². The lowest BCUT2D eigenvalue weighted by Crippen LogP contribution is -2.34. The van der Waals surface area contributed by atoms with Crippen LogP contribution < -0.4 is 15.4 Å². The van der Waals surface area contributed by atoms with Crippen LogP contribution in [-0.2, 0) is 4.79 Å². The zero-order chi connectivity index (χ0) is 14.1. The molecule has 3 N–H and O–H groups in total. The molecule has 7 heteroatoms. The fourth-order valence-electron chi connectivity index (χ4n) is 2.28. The first-order valence-corrected chi connectivity index (χ1v) is 6.32. The Hall–Kier alpha value is -2.41. The number of nitrogens with two attached hydrogens (primary N) is 1. The number of rotatable bonds is 3. The largest absolute Gasteiger partial charge is 0.480 e. The van der Waals surface area contributed by atoms with Crippen molar-refractivity contribution >= 4 is 11.7 Å². The Bertz CT molecular complexity index is 626. The van der Waals surface area contributed by atoms with Crippen LogP contribution in [0.4, 0.5) is 5.82 Å². The standard InChI is InChI=1S/C13H15N5O2/c1-20-12-9(8-6-15-16-7-8)2-3-11(17-12)18-5-4-10(14)13(18)19/h2-3,6-7,10H,4-5,14H2,1H3,(H,15,16). The van der Waals surface area contributed by atoms with Crippen molar-refractivity contribution in [3.63, 3.8) is 0 Å². The highest BCUT2D eigenvalue weighted by molar-refractivity contribution is 5.98. The van der Waals surface area contributed by atoms with Gasteiger partial charge < -0.3 is 10.5 Å². The SMILES string of the molecule is COc1nc(N2CCC(N)C2=O)ccc1-c1cn[nH]c1. The lowest BCUT2D eigenvalue weighted by atomic mass is 10.1. The van der Waals surface area contributed by atoms with Gasteiger partial charge in [0.25, 0.3) is 0 Å². The Labute approximate surface area is 115 Å². The number of carbonyl (C=O) groups excluding carboxylic acids is 1. The molecule has 0 aliphatic carbocycles. The van der Waals surface area contributed by atoms with Crippen molar-refractivity contribution < 1.29 is 9.53 Å². The van der Waals surface area contributed by atoms with E-state index in [4.69, 9.17) is 10.5 Å². The van der Waals surface area contributed by atoms with Crippen molar-refractivity contribution in [3.05, 3.63) is 24.5 Å². The molecule has 0 bridgehead atoms. The molecule has 7 nitrogen and oxygen atoms in total. The monoisotopic (exact) mass is 273 g/mol. The summed E-state index contributed by atoms with van der Waals surface area (Å²) in [5.41, 5.74) is 7.42. The minimum absolute atomic E-state index is 0.101. The number of nitrogens with one attached hydrogen (secondary N) is 1. The number of aromatic nitrogens is 3. The fraction of sp³-hybridized carbons (Fsp3) is 0.308. The molecule has 0 aromatic carbocycles. The first-order chi connectivity index (χ1) is 9.70. The molecule has 1 aliphatic rings. The van der Waals surface area contributed by atoms with Crippen LogP contribution >= 0.6 is 0 Å². The number of pyridine rings is 1. The topological polar surface area (TPSA) is 97.1 Å². The zero-order valence-electron chi connectivity index (χ0n) is 11.0. The average molecular weight is 273 g/mol. The molecule has 1 saturated heterocycles. The fourth-order valence-corrected chi connectivity index (χ4v) is 2.28. The van der Waals surface area contributed by atoms with E-state index in [2.05, 4.69) is 15.2 Å². The highest BCUT2D eigenvalue weighted by atomic mass is 16.5. The summed E-state index contributed by atoms with van der Waals surface area (Å²) in [5, 5.41) is 6.65. The summed E-state index contributed by atoms with van der Waals surface area (Å²) in [5.74, 6) is 0.917. The summed E-state index contributed by atoms with van der Waals surface area (Å²) < 4.78 is 5.31. The smallest absolute Gasteiger partial charge is 0.245 e. The lowest BCUT2D eigenvalue weighted by Gasteiger charge is -2.16. The molecular formula is C13H15N5O2. The maximum absolute atomic E-state index is 11.9. The number of nitrogens with zero attached hydrogens (tertiary/aromatic N) is 3. The molecular weight excluding hydrogens is 258 g/mol. The van der Waals surface area contributed by atoms with E-state index in [1.54, 1.807) is 30.5 Å². The van der Waals surface area contributed by atoms with Gasteiger partial charge in [-0.3, -0.25) is 14.8 Å². The van der Waals surface area contributed by atoms with Gasteiger partial charge in [-0.2, -0.15) is 10.1 Å². The van der Waals surface area contributed by atoms with Crippen LogP contribution in [-0.4, -0.2) is 40.8 Å². The van der Waals surface area contributed by atoms with Gasteiger partial charge in [0.1, 0.15) is 5.82 Å². The molecule has 2 aromatic heterocycles. The maximum atomic E-state index is 11.9. The summed E-state index contributed by atoms with van der Waals surface area (Å²) >= 11 is 0. The second-order valence-corrected chi connectivity index (χ2v) is 4.60. The number of carbonyl (C=O) groups is 1. The molecule has 3 rings (SSSR count). The molecule has 1 fully saturated rings. The van der Waals surface area contributed by atoms with E-state index >= 15 is 0 Å². The summed E-state index contributed by atoms with van der Waals surface area (Å²) in [7, 11) is 1.55. The first kappa shape index (κ1) is 12.6. The van der Waals surface area contributed by atoms with Crippen LogP contribution in [0.1, 0.15) is 6.42 Å². The van der Waals surface area contributed by atoms with Crippen molar-refractivity contribution in [2.45, 2.75) is 12.5 Å². The van der Waals surface area contributed by atoms with E-state index in [9.17, 15) is 4.79 Å². The van der Waals surface area contributed by atoms with Crippen LogP contribution in [0.25, 0.3) is 11.1 Å². The van der Waals surface area contributed by atoms with Gasteiger partial charge in [0.15, 0.2) is 0 Å². The zero-order valence-corrected chi connectivity index (χ0v) is 11.0. The third kappa shape index (κ3) is 2.01. The summed E-state index contributed by atoms with van der Waals surface area (Å²) in [6, 6.07) is 3.22. The van der Waals surface area contributed by atoms with Gasteiger partial charge in [-0.05, 0) is 18.6 Å². The minimum atomic E-state index is -0.434. The third-order valence-electron chi connectivity index (χ3n) is 3.37. The Morgan fingerprint density at radius 2 is 2.35 bits per heavy atom. The Morgan fingerprint density at radius 3 is 2.95 bits per heavy atom. The number of amides is 1. The van der Waals surface area contributed by atoms with Crippen molar-refractivity contribution in [1.29, 1.82) is 0 Å². The van der Waals surface area contributed by atoms with Gasteiger partial charge in [-0.15, -0.1) is 0 Å². The number of methoxy groups -OCH3 is 1. The predicted molar refractivity (Wildman–Crippen MR) is 73.3 cm³/mol. The van der Waals surface area contributed by atoms with Gasteiger partial charge in [0.2, 0.25) is 11.8 Å². The van der Waals surface area contributed by atoms with Crippen molar-refractivity contribution in [1.82, 2.24) is 15.2 Å². The minimum Gasteiger partial charge on any atom is -0.480 e. The maximum Gasteiger partial charge on any atom is 0.245 e. The van der Waals surface area contributed by atoms with Crippen LogP contribution in [0.15, 0.2) is 24.5 Å². The second-order valence-electron chi connectivity index (χ2n) is 4.60. The molecule has 1 atom stereocenters. The molecule has 1 amide bonds. The Morgan fingerprint density at radius 1 is 1.50 bits per heavy atom. The van der Waals surface area contributed by atoms with E-state index in [1.807, 2.05) is 6.07 Å². The molecule has 1 aliphatic heterocycles. The molecule has 0 spiro atoms. The van der Waals surface area contributed by atoms with E-state index in [0.29, 0.717) is 24.7 Å². The van der Waals surface area contributed by atoms with Gasteiger partial charge in [0.05, 0.1) is 19.3 Å². The predicted octanol–water partition coefficient (Wildman–Crippen LogP) is 0.544. The second kappa shape index (κ2) is 4.93. The van der Waals surface area contributed by atoms with Crippen LogP contribution in [0.5, 0.6) is 5.88 Å². The number of H-pyrrole nitrogens is 1. The van der Waals surface area contributed by atoms with Crippen molar-refractivity contribution in [2.24, 2.45) is 5.73 Å². The molecule has 2 aromatic rings. The summed E-state index contributed by atoms with van der Waals surface area (Å²) in [4.78, 5) is 17.9. The highest BCUT2D eigenvalue weighted by Gasteiger charge is 2.30. The first-order valence-electron chi connectivity index (χ1n) is 6.32. The van der Waals surface area contributed by atoms with Crippen LogP contribution in [0, 0.1) is 0 Å². The Kier molecular flexibility index (Phi) is 3.11. The van der Waals surface area contributed by atoms with Crippen LogP contribution in [0.3, 0.4) is 0 Å². The van der Waals surface area contributed by atoms with E-state index in [1.165, 1.54) is 0 Å². The normalized spacial score (nSPS) is 18.6. The van der Waals surface area contributed by atoms with Gasteiger partial charge >= 0.3 is 0 Å². The number of aromatic amines is 1. The number of hydrogen-bond donors (Lipinski definition) is 2. The van der Waals surface area contributed by atoms with Crippen molar-refractivity contribution in [3.8, 4) is 17.0 Å². The molecule has 3 heterocycles. The van der Waals surface area contributed by atoms with Gasteiger partial charge in [-0.1, -0.05) is 0 Å². The van der Waals surface area contributed by atoms with Crippen molar-refractivity contribution in [2.75, 3.05) is 18.6 Å². The van der Waals surface area contributed by atoms with E-state index in [-0.39, 0.29) is 5.91 Å². The molecule has 0 saturated carbocycles. The Balaban J connectivity index is 1.98. The molecule has 104 valence electrons. The quantitative estimate of drug-likeness (QED) is 0.851. The highest BCUT2D eigenvalue weighted by Crippen LogP contribution is 2.30. The number of anilines is 1. The lowest BCUT2D eigenvalue weighted by molar-refractivity contribution is -0.118. The summed E-state index contributed by atoms with van der Waals surface area (Å²) in [6.07, 6.45) is 4.10. The average Bonchev–Trinajstić information content (AvgIpc) is 3.10. The van der Waals surface area contributed by atoms with Gasteiger partial charge in [0, 0.05) is 23.9 Å². The molecule has 0 radical (unpaired) electrons. The van der Waals surface area contributed by atoms with E-state index in [0.717, 1.165) is 11.1 Å².